The highest BCUT2D eigenvalue weighted by atomic mass is 16.5. The first-order valence-electron chi connectivity index (χ1n) is 8.65. The van der Waals surface area contributed by atoms with E-state index in [0.29, 0.717) is 22.5 Å². The van der Waals surface area contributed by atoms with Gasteiger partial charge in [0.15, 0.2) is 5.43 Å². The Morgan fingerprint density at radius 3 is 2.19 bits per heavy atom. The number of rotatable bonds is 3. The normalized spacial score (nSPS) is 11.6. The van der Waals surface area contributed by atoms with Crippen LogP contribution in [-0.4, -0.2) is 21.2 Å². The Morgan fingerprint density at radius 1 is 1.00 bits per heavy atom. The lowest BCUT2D eigenvalue weighted by molar-refractivity contribution is 0.398. The molecule has 136 valence electrons. The van der Waals surface area contributed by atoms with E-state index in [4.69, 9.17) is 9.15 Å². The molecule has 2 aromatic carbocycles. The number of anilines is 1. The molecule has 0 radical (unpaired) electrons. The predicted molar refractivity (Wildman–Crippen MR) is 107 cm³/mol. The van der Waals surface area contributed by atoms with Gasteiger partial charge in [0.2, 0.25) is 0 Å². The maximum absolute atomic E-state index is 12.7. The highest BCUT2D eigenvalue weighted by Crippen LogP contribution is 2.35. The van der Waals surface area contributed by atoms with Gasteiger partial charge >= 0.3 is 0 Å². The first-order chi connectivity index (χ1) is 12.2. The summed E-state index contributed by atoms with van der Waals surface area (Å²) < 4.78 is 11.6. The Kier molecular flexibility index (Phi) is 4.53. The Hall–Kier alpha value is -2.75. The van der Waals surface area contributed by atoms with Crippen molar-refractivity contribution in [1.29, 1.82) is 0 Å². The second-order valence-corrected chi connectivity index (χ2v) is 7.71. The van der Waals surface area contributed by atoms with Gasteiger partial charge in [0.1, 0.15) is 17.1 Å². The van der Waals surface area contributed by atoms with Gasteiger partial charge in [-0.2, -0.15) is 0 Å². The fraction of sp³-hybridized carbons (Fsp3) is 0.318. The molecule has 0 aliphatic heterocycles. The highest BCUT2D eigenvalue weighted by Gasteiger charge is 2.21. The highest BCUT2D eigenvalue weighted by molar-refractivity contribution is 5.82. The average molecular weight is 351 g/mol. The van der Waals surface area contributed by atoms with Crippen LogP contribution in [0.4, 0.5) is 5.69 Å². The quantitative estimate of drug-likeness (QED) is 0.678. The largest absolute Gasteiger partial charge is 0.496 e. The van der Waals surface area contributed by atoms with Crippen molar-refractivity contribution in [2.24, 2.45) is 0 Å². The van der Waals surface area contributed by atoms with Crippen LogP contribution >= 0.6 is 0 Å². The van der Waals surface area contributed by atoms with Gasteiger partial charge in [0.25, 0.3) is 0 Å². The average Bonchev–Trinajstić information content (AvgIpc) is 2.60. The van der Waals surface area contributed by atoms with E-state index in [-0.39, 0.29) is 10.8 Å². The van der Waals surface area contributed by atoms with Gasteiger partial charge in [-0.1, -0.05) is 20.8 Å². The lowest BCUT2D eigenvalue weighted by atomic mass is 9.86. The zero-order chi connectivity index (χ0) is 19.1. The van der Waals surface area contributed by atoms with Crippen molar-refractivity contribution < 1.29 is 9.15 Å². The second kappa shape index (κ2) is 6.52. The van der Waals surface area contributed by atoms with Gasteiger partial charge in [-0.25, -0.2) is 0 Å². The van der Waals surface area contributed by atoms with Crippen molar-refractivity contribution in [3.8, 4) is 17.1 Å². The first kappa shape index (κ1) is 18.1. The van der Waals surface area contributed by atoms with Crippen LogP contribution in [0.1, 0.15) is 26.3 Å². The van der Waals surface area contributed by atoms with Gasteiger partial charge in [-0.05, 0) is 41.8 Å². The molecule has 0 saturated heterocycles. The lowest BCUT2D eigenvalue weighted by Gasteiger charge is -2.22. The van der Waals surface area contributed by atoms with E-state index in [9.17, 15) is 4.79 Å². The molecule has 0 atom stereocenters. The Morgan fingerprint density at radius 2 is 1.65 bits per heavy atom. The summed E-state index contributed by atoms with van der Waals surface area (Å²) in [6, 6.07) is 13.2. The SMILES string of the molecule is COc1cc2c(=O)cc(-c3ccc(N(C)C)cc3)oc2cc1C(C)(C)C. The maximum Gasteiger partial charge on any atom is 0.193 e. The fourth-order valence-corrected chi connectivity index (χ4v) is 3.00. The van der Waals surface area contributed by atoms with Crippen LogP contribution in [0.15, 0.2) is 51.7 Å². The van der Waals surface area contributed by atoms with Crippen molar-refractivity contribution in [1.82, 2.24) is 0 Å². The molecule has 3 aromatic rings. The van der Waals surface area contributed by atoms with E-state index in [0.717, 1.165) is 16.8 Å². The summed E-state index contributed by atoms with van der Waals surface area (Å²) >= 11 is 0. The Labute approximate surface area is 154 Å². The van der Waals surface area contributed by atoms with Gasteiger partial charge in [0.05, 0.1) is 12.5 Å². The zero-order valence-corrected chi connectivity index (χ0v) is 16.2. The first-order valence-corrected chi connectivity index (χ1v) is 8.65. The molecule has 0 unspecified atom stereocenters. The van der Waals surface area contributed by atoms with Crippen LogP contribution in [0.25, 0.3) is 22.3 Å². The number of methoxy groups -OCH3 is 1. The van der Waals surface area contributed by atoms with E-state index in [1.807, 2.05) is 49.3 Å². The molecule has 0 aliphatic carbocycles. The number of hydrogen-bond donors (Lipinski definition) is 0. The molecule has 0 saturated carbocycles. The number of fused-ring (bicyclic) bond motifs is 1. The standard InChI is InChI=1S/C22H25NO3/c1-22(2,3)17-12-20-16(11-21(17)25-6)18(24)13-19(26-20)14-7-9-15(10-8-14)23(4)5/h7-13H,1-6H3. The fourth-order valence-electron chi connectivity index (χ4n) is 3.00. The number of ether oxygens (including phenoxy) is 1. The Bertz CT molecular complexity index is 993. The third-order valence-electron chi connectivity index (χ3n) is 4.53. The van der Waals surface area contributed by atoms with Crippen LogP contribution in [-0.2, 0) is 5.41 Å². The zero-order valence-electron chi connectivity index (χ0n) is 16.2. The summed E-state index contributed by atoms with van der Waals surface area (Å²) in [7, 11) is 5.61. The molecule has 1 heterocycles. The molecule has 26 heavy (non-hydrogen) atoms. The van der Waals surface area contributed by atoms with Crippen LogP contribution < -0.4 is 15.1 Å². The van der Waals surface area contributed by atoms with Crippen molar-refractivity contribution in [3.63, 3.8) is 0 Å². The minimum Gasteiger partial charge on any atom is -0.496 e. The summed E-state index contributed by atoms with van der Waals surface area (Å²) in [4.78, 5) is 14.7. The van der Waals surface area contributed by atoms with E-state index in [1.54, 1.807) is 19.2 Å². The number of hydrogen-bond acceptors (Lipinski definition) is 4. The van der Waals surface area contributed by atoms with Gasteiger partial charge in [-0.15, -0.1) is 0 Å². The molecule has 1 aromatic heterocycles. The minimum atomic E-state index is -0.124. The van der Waals surface area contributed by atoms with Crippen LogP contribution in [0.2, 0.25) is 0 Å². The summed E-state index contributed by atoms with van der Waals surface area (Å²) in [6.45, 7) is 6.33. The monoisotopic (exact) mass is 351 g/mol. The molecule has 4 nitrogen and oxygen atoms in total. The van der Waals surface area contributed by atoms with Gasteiger partial charge in [0, 0.05) is 37.0 Å². The van der Waals surface area contributed by atoms with Gasteiger partial charge in [-0.3, -0.25) is 4.79 Å². The molecule has 0 amide bonds. The molecule has 0 spiro atoms. The van der Waals surface area contributed by atoms with Crippen LogP contribution in [0, 0.1) is 0 Å². The summed E-state index contributed by atoms with van der Waals surface area (Å²) in [6.07, 6.45) is 0. The van der Waals surface area contributed by atoms with Crippen molar-refractivity contribution in [2.45, 2.75) is 26.2 Å². The predicted octanol–water partition coefficient (Wildman–Crippen LogP) is 4.83. The smallest absolute Gasteiger partial charge is 0.193 e. The Balaban J connectivity index is 2.19. The molecule has 0 bridgehead atoms. The third kappa shape index (κ3) is 3.32. The summed E-state index contributed by atoms with van der Waals surface area (Å²) in [5.41, 5.74) is 3.36. The van der Waals surface area contributed by atoms with E-state index in [2.05, 4.69) is 20.8 Å². The molecule has 0 fully saturated rings. The summed E-state index contributed by atoms with van der Waals surface area (Å²) in [5.74, 6) is 1.28. The number of benzene rings is 2. The van der Waals surface area contributed by atoms with Crippen molar-refractivity contribution in [3.05, 3.63) is 58.3 Å². The summed E-state index contributed by atoms with van der Waals surface area (Å²) in [5, 5.41) is 0.531. The molecule has 3 rings (SSSR count). The topological polar surface area (TPSA) is 42.7 Å². The van der Waals surface area contributed by atoms with Gasteiger partial charge < -0.3 is 14.1 Å². The third-order valence-corrected chi connectivity index (χ3v) is 4.53. The minimum absolute atomic E-state index is 0.0725. The molecule has 0 aliphatic rings. The van der Waals surface area contributed by atoms with Crippen LogP contribution in [0.3, 0.4) is 0 Å². The van der Waals surface area contributed by atoms with Crippen molar-refractivity contribution in [2.75, 3.05) is 26.1 Å². The van der Waals surface area contributed by atoms with E-state index in [1.165, 1.54) is 0 Å². The molecule has 0 N–H and O–H groups in total. The van der Waals surface area contributed by atoms with E-state index >= 15 is 0 Å². The molecular weight excluding hydrogens is 326 g/mol. The molecular formula is C22H25NO3. The lowest BCUT2D eigenvalue weighted by Crippen LogP contribution is -2.13. The maximum atomic E-state index is 12.7. The molecule has 4 heteroatoms. The second-order valence-electron chi connectivity index (χ2n) is 7.71. The van der Waals surface area contributed by atoms with E-state index < -0.39 is 0 Å². The van der Waals surface area contributed by atoms with Crippen molar-refractivity contribution >= 4 is 16.7 Å². The number of nitrogens with zero attached hydrogens (tertiary/aromatic N) is 1. The van der Waals surface area contributed by atoms with Crippen LogP contribution in [0.5, 0.6) is 5.75 Å².